The molecule has 1 saturated heterocycles. The SMILES string of the molecule is CCCC(=O)ON1CC[N+](C)(C)C1=O. The molecule has 1 rings (SSSR count). The Morgan fingerprint density at radius 1 is 1.57 bits per heavy atom. The lowest BCUT2D eigenvalue weighted by molar-refractivity contribution is -0.799. The lowest BCUT2D eigenvalue weighted by atomic mass is 10.3. The van der Waals surface area contributed by atoms with Crippen LogP contribution in [0.5, 0.6) is 0 Å². The molecule has 1 aliphatic heterocycles. The highest BCUT2D eigenvalue weighted by atomic mass is 16.7. The Morgan fingerprint density at radius 2 is 2.21 bits per heavy atom. The molecule has 0 aromatic carbocycles. The minimum absolute atomic E-state index is 0.158. The fourth-order valence-corrected chi connectivity index (χ4v) is 1.29. The van der Waals surface area contributed by atoms with E-state index in [1.165, 1.54) is 0 Å². The lowest BCUT2D eigenvalue weighted by Gasteiger charge is -2.19. The number of carbonyl (C=O) groups is 2. The Morgan fingerprint density at radius 3 is 2.64 bits per heavy atom. The molecule has 5 heteroatoms. The van der Waals surface area contributed by atoms with Gasteiger partial charge in [-0.05, 0) is 6.42 Å². The average molecular weight is 201 g/mol. The predicted octanol–water partition coefficient (Wildman–Crippen LogP) is 0.757. The molecule has 1 heterocycles. The zero-order valence-electron chi connectivity index (χ0n) is 8.95. The number of carbonyl (C=O) groups excluding carboxylic acids is 2. The molecule has 0 spiro atoms. The maximum atomic E-state index is 11.6. The van der Waals surface area contributed by atoms with Crippen molar-refractivity contribution in [3.05, 3.63) is 0 Å². The van der Waals surface area contributed by atoms with Gasteiger partial charge in [0.2, 0.25) is 0 Å². The van der Waals surface area contributed by atoms with Crippen molar-refractivity contribution >= 4 is 12.0 Å². The molecule has 0 aliphatic carbocycles. The number of rotatable bonds is 3. The summed E-state index contributed by atoms with van der Waals surface area (Å²) >= 11 is 0. The summed E-state index contributed by atoms with van der Waals surface area (Å²) in [6.45, 7) is 3.06. The molecule has 1 fully saturated rings. The van der Waals surface area contributed by atoms with Crippen LogP contribution in [0, 0.1) is 0 Å². The summed E-state index contributed by atoms with van der Waals surface area (Å²) in [5, 5.41) is 1.16. The van der Waals surface area contributed by atoms with E-state index in [0.29, 0.717) is 19.5 Å². The van der Waals surface area contributed by atoms with Gasteiger partial charge in [-0.3, -0.25) is 0 Å². The molecule has 0 atom stereocenters. The molecule has 14 heavy (non-hydrogen) atoms. The van der Waals surface area contributed by atoms with Crippen LogP contribution in [-0.4, -0.2) is 48.7 Å². The third kappa shape index (κ3) is 2.23. The molecule has 0 N–H and O–H groups in total. The van der Waals surface area contributed by atoms with Gasteiger partial charge in [0.25, 0.3) is 0 Å². The average Bonchev–Trinajstić information content (AvgIpc) is 2.33. The molecule has 80 valence electrons. The summed E-state index contributed by atoms with van der Waals surface area (Å²) in [6.07, 6.45) is 1.09. The van der Waals surface area contributed by atoms with Crippen LogP contribution in [0.2, 0.25) is 0 Å². The van der Waals surface area contributed by atoms with E-state index < -0.39 is 0 Å². The highest BCUT2D eigenvalue weighted by Crippen LogP contribution is 2.14. The zero-order chi connectivity index (χ0) is 10.8. The summed E-state index contributed by atoms with van der Waals surface area (Å²) in [5.74, 6) is -0.331. The van der Waals surface area contributed by atoms with Crippen LogP contribution in [0.4, 0.5) is 4.79 Å². The van der Waals surface area contributed by atoms with Gasteiger partial charge < -0.3 is 4.84 Å². The molecule has 1 aliphatic rings. The zero-order valence-corrected chi connectivity index (χ0v) is 8.95. The summed E-state index contributed by atoms with van der Waals surface area (Å²) in [7, 11) is 3.60. The van der Waals surface area contributed by atoms with Crippen molar-refractivity contribution in [2.45, 2.75) is 19.8 Å². The maximum Gasteiger partial charge on any atom is 0.451 e. The van der Waals surface area contributed by atoms with Gasteiger partial charge >= 0.3 is 12.0 Å². The summed E-state index contributed by atoms with van der Waals surface area (Å²) in [6, 6.07) is -0.158. The molecule has 0 radical (unpaired) electrons. The van der Waals surface area contributed by atoms with E-state index in [-0.39, 0.29) is 16.5 Å². The number of quaternary nitrogens is 1. The largest absolute Gasteiger partial charge is 0.451 e. The third-order valence-corrected chi connectivity index (χ3v) is 2.26. The van der Waals surface area contributed by atoms with Crippen molar-refractivity contribution in [1.29, 1.82) is 0 Å². The maximum absolute atomic E-state index is 11.6. The first-order chi connectivity index (χ1) is 6.47. The van der Waals surface area contributed by atoms with Crippen molar-refractivity contribution in [2.75, 3.05) is 27.2 Å². The first-order valence-corrected chi connectivity index (χ1v) is 4.83. The highest BCUT2D eigenvalue weighted by molar-refractivity contribution is 5.73. The second kappa shape index (κ2) is 3.96. The second-order valence-electron chi connectivity index (χ2n) is 4.01. The predicted molar refractivity (Wildman–Crippen MR) is 50.1 cm³/mol. The van der Waals surface area contributed by atoms with Crippen LogP contribution in [0.25, 0.3) is 0 Å². The van der Waals surface area contributed by atoms with Crippen LogP contribution in [-0.2, 0) is 9.63 Å². The van der Waals surface area contributed by atoms with Crippen molar-refractivity contribution in [3.8, 4) is 0 Å². The number of amides is 2. The number of hydrogen-bond acceptors (Lipinski definition) is 3. The van der Waals surface area contributed by atoms with Crippen LogP contribution in [0.15, 0.2) is 0 Å². The van der Waals surface area contributed by atoms with Gasteiger partial charge in [0.1, 0.15) is 13.1 Å². The topological polar surface area (TPSA) is 46.6 Å². The monoisotopic (exact) mass is 201 g/mol. The van der Waals surface area contributed by atoms with Crippen LogP contribution >= 0.6 is 0 Å². The fourth-order valence-electron chi connectivity index (χ4n) is 1.29. The van der Waals surface area contributed by atoms with Crippen LogP contribution in [0.3, 0.4) is 0 Å². The fraction of sp³-hybridized carbons (Fsp3) is 0.778. The van der Waals surface area contributed by atoms with Crippen molar-refractivity contribution in [3.63, 3.8) is 0 Å². The molecule has 0 bridgehead atoms. The molecule has 0 aromatic heterocycles. The van der Waals surface area contributed by atoms with Gasteiger partial charge in [0.15, 0.2) is 0 Å². The molecule has 2 amide bonds. The number of likely N-dealkylation sites (N-methyl/N-ethyl adjacent to an activating group) is 1. The van der Waals surface area contributed by atoms with Crippen molar-refractivity contribution in [2.24, 2.45) is 0 Å². The quantitative estimate of drug-likeness (QED) is 0.633. The van der Waals surface area contributed by atoms with Gasteiger partial charge in [-0.1, -0.05) is 6.92 Å². The van der Waals surface area contributed by atoms with E-state index in [2.05, 4.69) is 0 Å². The Kier molecular flexibility index (Phi) is 3.10. The van der Waals surface area contributed by atoms with Crippen LogP contribution < -0.4 is 0 Å². The standard InChI is InChI=1S/C9H17N2O3/c1-4-5-8(12)14-10-6-7-11(2,3)9(10)13/h4-7H2,1-3H3/q+1. The van der Waals surface area contributed by atoms with Crippen molar-refractivity contribution in [1.82, 2.24) is 5.06 Å². The van der Waals surface area contributed by atoms with E-state index >= 15 is 0 Å². The summed E-state index contributed by atoms with van der Waals surface area (Å²) < 4.78 is 0.249. The second-order valence-corrected chi connectivity index (χ2v) is 4.01. The molecule has 0 aromatic rings. The highest BCUT2D eigenvalue weighted by Gasteiger charge is 2.42. The number of nitrogens with zero attached hydrogens (tertiary/aromatic N) is 2. The molecule has 0 unspecified atom stereocenters. The Labute approximate surface area is 83.8 Å². The number of hydroxylamine groups is 2. The minimum Gasteiger partial charge on any atom is -0.333 e. The Bertz CT molecular complexity index is 250. The number of urea groups is 1. The Hall–Kier alpha value is -1.10. The first-order valence-electron chi connectivity index (χ1n) is 4.83. The van der Waals surface area contributed by atoms with Gasteiger partial charge in [0.05, 0.1) is 14.1 Å². The first kappa shape index (κ1) is 11.0. The number of hydrogen-bond donors (Lipinski definition) is 0. The summed E-state index contributed by atoms with van der Waals surface area (Å²) in [5.41, 5.74) is 0. The van der Waals surface area contributed by atoms with E-state index in [9.17, 15) is 9.59 Å². The van der Waals surface area contributed by atoms with Crippen molar-refractivity contribution < 1.29 is 18.9 Å². The third-order valence-electron chi connectivity index (χ3n) is 2.26. The van der Waals surface area contributed by atoms with Crippen LogP contribution in [0.1, 0.15) is 19.8 Å². The van der Waals surface area contributed by atoms with Gasteiger partial charge in [-0.25, -0.2) is 14.1 Å². The van der Waals surface area contributed by atoms with Gasteiger partial charge in [0, 0.05) is 6.42 Å². The normalized spacial score (nSPS) is 19.9. The van der Waals surface area contributed by atoms with E-state index in [0.717, 1.165) is 11.5 Å². The van der Waals surface area contributed by atoms with Gasteiger partial charge in [-0.15, -0.1) is 5.06 Å². The van der Waals surface area contributed by atoms with E-state index in [1.807, 2.05) is 6.92 Å². The minimum atomic E-state index is -0.331. The lowest BCUT2D eigenvalue weighted by Crippen LogP contribution is -2.44. The molecule has 5 nitrogen and oxygen atoms in total. The van der Waals surface area contributed by atoms with Gasteiger partial charge in [-0.2, -0.15) is 0 Å². The van der Waals surface area contributed by atoms with E-state index in [4.69, 9.17) is 4.84 Å². The molecular weight excluding hydrogens is 184 g/mol. The smallest absolute Gasteiger partial charge is 0.333 e. The van der Waals surface area contributed by atoms with E-state index in [1.54, 1.807) is 14.1 Å². The molecular formula is C9H17N2O3+. The summed E-state index contributed by atoms with van der Waals surface area (Å²) in [4.78, 5) is 27.6. The molecule has 0 saturated carbocycles. The Balaban J connectivity index is 2.49.